The van der Waals surface area contributed by atoms with Gasteiger partial charge in [0.25, 0.3) is 5.88 Å². The van der Waals surface area contributed by atoms with Gasteiger partial charge in [-0.1, -0.05) is 0 Å². The second kappa shape index (κ2) is 4.01. The smallest absolute Gasteiger partial charge is 0.342 e. The Morgan fingerprint density at radius 1 is 1.25 bits per heavy atom. The maximum Gasteiger partial charge on any atom is 0.342 e. The van der Waals surface area contributed by atoms with Gasteiger partial charge in [0, 0.05) is 7.05 Å². The van der Waals surface area contributed by atoms with Gasteiger partial charge in [0.05, 0.1) is 7.11 Å². The number of nitrogens with zero attached hydrogens (tertiary/aromatic N) is 5. The topological polar surface area (TPSA) is 101 Å². The molecule has 0 spiro atoms. The Morgan fingerprint density at radius 3 is 2.62 bits per heavy atom. The van der Waals surface area contributed by atoms with Crippen LogP contribution in [0.15, 0.2) is 12.7 Å². The highest BCUT2D eigenvalue weighted by molar-refractivity contribution is 5.56. The van der Waals surface area contributed by atoms with Crippen molar-refractivity contribution in [3.05, 3.63) is 12.7 Å². The molecule has 84 valence electrons. The Hall–Kier alpha value is -2.38. The number of rotatable bonds is 3. The standard InChI is InChI=1S/C8H10N6O2/c1-14-4-12-8(13-14)16-7-5(9)6(15-2)10-3-11-7/h3-4H,9H2,1-2H3. The van der Waals surface area contributed by atoms with Gasteiger partial charge in [0.15, 0.2) is 5.69 Å². The molecule has 8 heteroatoms. The lowest BCUT2D eigenvalue weighted by molar-refractivity contribution is 0.386. The van der Waals surface area contributed by atoms with Crippen LogP contribution in [-0.2, 0) is 7.05 Å². The minimum atomic E-state index is 0.162. The second-order valence-corrected chi connectivity index (χ2v) is 2.90. The maximum atomic E-state index is 5.71. The molecule has 0 unspecified atom stereocenters. The summed E-state index contributed by atoms with van der Waals surface area (Å²) in [6, 6.07) is 0.162. The van der Waals surface area contributed by atoms with E-state index in [4.69, 9.17) is 15.2 Å². The quantitative estimate of drug-likeness (QED) is 0.779. The van der Waals surface area contributed by atoms with Crippen molar-refractivity contribution in [1.29, 1.82) is 0 Å². The van der Waals surface area contributed by atoms with Crippen LogP contribution in [0.2, 0.25) is 0 Å². The van der Waals surface area contributed by atoms with Crippen LogP contribution >= 0.6 is 0 Å². The number of ether oxygens (including phenoxy) is 2. The van der Waals surface area contributed by atoms with E-state index in [2.05, 4.69) is 20.1 Å². The number of hydrogen-bond acceptors (Lipinski definition) is 7. The van der Waals surface area contributed by atoms with Crippen molar-refractivity contribution in [2.24, 2.45) is 7.05 Å². The summed E-state index contributed by atoms with van der Waals surface area (Å²) in [5, 5.41) is 3.93. The minimum Gasteiger partial charge on any atom is -0.479 e. The highest BCUT2D eigenvalue weighted by Crippen LogP contribution is 2.28. The summed E-state index contributed by atoms with van der Waals surface area (Å²) in [7, 11) is 3.19. The molecule has 2 heterocycles. The third kappa shape index (κ3) is 1.85. The van der Waals surface area contributed by atoms with Crippen LogP contribution in [0.4, 0.5) is 5.69 Å². The van der Waals surface area contributed by atoms with Gasteiger partial charge < -0.3 is 15.2 Å². The van der Waals surface area contributed by atoms with E-state index in [1.165, 1.54) is 24.4 Å². The molecule has 0 fully saturated rings. The Kier molecular flexibility index (Phi) is 2.54. The van der Waals surface area contributed by atoms with Gasteiger partial charge in [-0.3, -0.25) is 4.68 Å². The summed E-state index contributed by atoms with van der Waals surface area (Å²) in [5.74, 6) is 0.416. The van der Waals surface area contributed by atoms with E-state index < -0.39 is 0 Å². The highest BCUT2D eigenvalue weighted by atomic mass is 16.5. The first kappa shape index (κ1) is 10.1. The number of nitrogens with two attached hydrogens (primary N) is 1. The average molecular weight is 222 g/mol. The van der Waals surface area contributed by atoms with Crippen molar-refractivity contribution in [2.45, 2.75) is 0 Å². The molecule has 0 bridgehead atoms. The predicted molar refractivity (Wildman–Crippen MR) is 54.1 cm³/mol. The van der Waals surface area contributed by atoms with Crippen molar-refractivity contribution in [2.75, 3.05) is 12.8 Å². The zero-order valence-corrected chi connectivity index (χ0v) is 8.78. The number of aromatic nitrogens is 5. The number of methoxy groups -OCH3 is 1. The van der Waals surface area contributed by atoms with Gasteiger partial charge in [0.1, 0.15) is 12.7 Å². The molecule has 0 aliphatic rings. The predicted octanol–water partition coefficient (Wildman–Crippen LogP) is -0.0118. The van der Waals surface area contributed by atoms with Crippen LogP contribution in [0.5, 0.6) is 17.8 Å². The van der Waals surface area contributed by atoms with Gasteiger partial charge in [-0.2, -0.15) is 15.0 Å². The normalized spacial score (nSPS) is 10.1. The number of anilines is 1. The van der Waals surface area contributed by atoms with E-state index in [0.717, 1.165) is 0 Å². The maximum absolute atomic E-state index is 5.71. The molecule has 0 radical (unpaired) electrons. The Labute approximate surface area is 91.1 Å². The van der Waals surface area contributed by atoms with Crippen molar-refractivity contribution in [3.8, 4) is 17.8 Å². The zero-order valence-electron chi connectivity index (χ0n) is 8.78. The fraction of sp³-hybridized carbons (Fsp3) is 0.250. The number of nitrogen functional groups attached to an aromatic ring is 1. The Balaban J connectivity index is 2.28. The first-order valence-corrected chi connectivity index (χ1v) is 4.38. The van der Waals surface area contributed by atoms with Crippen LogP contribution in [0.25, 0.3) is 0 Å². The van der Waals surface area contributed by atoms with E-state index in [1.54, 1.807) is 7.05 Å². The highest BCUT2D eigenvalue weighted by Gasteiger charge is 2.12. The summed E-state index contributed by atoms with van der Waals surface area (Å²) in [4.78, 5) is 11.6. The SMILES string of the molecule is COc1ncnc(Oc2ncn(C)n2)c1N. The van der Waals surface area contributed by atoms with Crippen LogP contribution < -0.4 is 15.2 Å². The van der Waals surface area contributed by atoms with Crippen molar-refractivity contribution in [1.82, 2.24) is 24.7 Å². The molecule has 0 aliphatic heterocycles. The molecule has 2 aromatic rings. The third-order valence-electron chi connectivity index (χ3n) is 1.77. The zero-order chi connectivity index (χ0) is 11.5. The largest absolute Gasteiger partial charge is 0.479 e. The van der Waals surface area contributed by atoms with Crippen LogP contribution in [0, 0.1) is 0 Å². The summed E-state index contributed by atoms with van der Waals surface area (Å²) in [6.07, 6.45) is 2.79. The van der Waals surface area contributed by atoms with Crippen LogP contribution in [-0.4, -0.2) is 31.8 Å². The van der Waals surface area contributed by atoms with E-state index in [9.17, 15) is 0 Å². The monoisotopic (exact) mass is 222 g/mol. The Morgan fingerprint density at radius 2 is 2.00 bits per heavy atom. The molecule has 2 aromatic heterocycles. The molecule has 2 rings (SSSR count). The summed E-state index contributed by atoms with van der Waals surface area (Å²) < 4.78 is 11.7. The van der Waals surface area contributed by atoms with Gasteiger partial charge in [-0.05, 0) is 0 Å². The molecule has 0 saturated heterocycles. The molecule has 16 heavy (non-hydrogen) atoms. The van der Waals surface area contributed by atoms with Crippen molar-refractivity contribution in [3.63, 3.8) is 0 Å². The Bertz CT molecular complexity index is 497. The summed E-state index contributed by atoms with van der Waals surface area (Å²) in [5.41, 5.74) is 5.92. The van der Waals surface area contributed by atoms with Crippen molar-refractivity contribution < 1.29 is 9.47 Å². The van der Waals surface area contributed by atoms with E-state index >= 15 is 0 Å². The summed E-state index contributed by atoms with van der Waals surface area (Å²) >= 11 is 0. The van der Waals surface area contributed by atoms with Gasteiger partial charge >= 0.3 is 6.01 Å². The first-order chi connectivity index (χ1) is 7.70. The fourth-order valence-electron chi connectivity index (χ4n) is 1.06. The molecule has 0 atom stereocenters. The second-order valence-electron chi connectivity index (χ2n) is 2.90. The van der Waals surface area contributed by atoms with Gasteiger partial charge in [-0.25, -0.2) is 0 Å². The van der Waals surface area contributed by atoms with E-state index in [1.807, 2.05) is 0 Å². The molecule has 0 aromatic carbocycles. The molecule has 0 aliphatic carbocycles. The molecule has 2 N–H and O–H groups in total. The van der Waals surface area contributed by atoms with Crippen LogP contribution in [0.1, 0.15) is 0 Å². The lowest BCUT2D eigenvalue weighted by atomic mass is 10.5. The van der Waals surface area contributed by atoms with E-state index in [-0.39, 0.29) is 23.5 Å². The third-order valence-corrected chi connectivity index (χ3v) is 1.77. The lowest BCUT2D eigenvalue weighted by Gasteiger charge is -2.05. The van der Waals surface area contributed by atoms with Gasteiger partial charge in [-0.15, -0.1) is 5.10 Å². The molecular weight excluding hydrogens is 212 g/mol. The van der Waals surface area contributed by atoms with Crippen LogP contribution in [0.3, 0.4) is 0 Å². The lowest BCUT2D eigenvalue weighted by Crippen LogP contribution is -2.01. The van der Waals surface area contributed by atoms with Crippen molar-refractivity contribution >= 4 is 5.69 Å². The van der Waals surface area contributed by atoms with Gasteiger partial charge in [0.2, 0.25) is 5.88 Å². The van der Waals surface area contributed by atoms with E-state index in [0.29, 0.717) is 0 Å². The number of aryl methyl sites for hydroxylation is 1. The fourth-order valence-corrected chi connectivity index (χ4v) is 1.06. The molecule has 0 saturated carbocycles. The minimum absolute atomic E-state index is 0.162. The number of hydrogen-bond donors (Lipinski definition) is 1. The molecule has 0 amide bonds. The first-order valence-electron chi connectivity index (χ1n) is 4.38. The molecule has 8 nitrogen and oxygen atoms in total. The average Bonchev–Trinajstić information content (AvgIpc) is 2.67. The summed E-state index contributed by atoms with van der Waals surface area (Å²) in [6.45, 7) is 0. The molecular formula is C8H10N6O2.